The van der Waals surface area contributed by atoms with E-state index in [9.17, 15) is 27.6 Å². The number of furan rings is 1. The predicted molar refractivity (Wildman–Crippen MR) is 113 cm³/mol. The summed E-state index contributed by atoms with van der Waals surface area (Å²) in [5, 5.41) is 1.91. The number of hydrogen-bond acceptors (Lipinski definition) is 4. The number of hydrogen-bond donors (Lipinski definition) is 1. The number of alkyl halides is 3. The maximum atomic E-state index is 14.8. The average molecular weight is 467 g/mol. The predicted octanol–water partition coefficient (Wildman–Crippen LogP) is 4.62. The first kappa shape index (κ1) is 23.6. The van der Waals surface area contributed by atoms with Crippen molar-refractivity contribution in [1.29, 1.82) is 0 Å². The summed E-state index contributed by atoms with van der Waals surface area (Å²) in [6.07, 6.45) is -1.82. The van der Waals surface area contributed by atoms with E-state index in [1.807, 2.05) is 19.2 Å². The molecule has 4 atom stereocenters. The molecule has 0 unspecified atom stereocenters. The number of ketones is 1. The lowest BCUT2D eigenvalue weighted by Gasteiger charge is -2.43. The van der Waals surface area contributed by atoms with Gasteiger partial charge < -0.3 is 14.6 Å². The fraction of sp³-hybridized carbons (Fsp3) is 0.625. The average Bonchev–Trinajstić information content (AvgIpc) is 3.30. The molecule has 4 rings (SSSR count). The van der Waals surface area contributed by atoms with E-state index in [1.54, 1.807) is 13.8 Å². The Bertz CT molecular complexity index is 1010. The Morgan fingerprint density at radius 1 is 1.18 bits per heavy atom. The van der Waals surface area contributed by atoms with E-state index < -0.39 is 46.3 Å². The summed E-state index contributed by atoms with van der Waals surface area (Å²) in [6.45, 7) is 7.57. The molecule has 9 heteroatoms. The van der Waals surface area contributed by atoms with Crippen molar-refractivity contribution in [3.8, 4) is 0 Å². The van der Waals surface area contributed by atoms with Gasteiger partial charge in [0.1, 0.15) is 0 Å². The number of nitrogens with one attached hydrogen (secondary N) is 1. The first-order chi connectivity index (χ1) is 15.3. The zero-order chi connectivity index (χ0) is 24.3. The Morgan fingerprint density at radius 2 is 1.88 bits per heavy atom. The zero-order valence-corrected chi connectivity index (χ0v) is 19.2. The fourth-order valence-electron chi connectivity index (χ4n) is 5.69. The summed E-state index contributed by atoms with van der Waals surface area (Å²) in [5.41, 5.74) is -4.57. The third-order valence-corrected chi connectivity index (χ3v) is 7.52. The van der Waals surface area contributed by atoms with Crippen LogP contribution in [0, 0.1) is 17.3 Å². The van der Waals surface area contributed by atoms with Crippen molar-refractivity contribution in [2.45, 2.75) is 77.6 Å². The van der Waals surface area contributed by atoms with Gasteiger partial charge in [-0.1, -0.05) is 40.5 Å². The molecule has 0 spiro atoms. The third kappa shape index (κ3) is 3.60. The maximum absolute atomic E-state index is 14.8. The molecule has 1 saturated carbocycles. The van der Waals surface area contributed by atoms with E-state index in [1.165, 1.54) is 17.0 Å². The van der Waals surface area contributed by atoms with Gasteiger partial charge in [0.2, 0.25) is 5.54 Å². The summed E-state index contributed by atoms with van der Waals surface area (Å²) in [5.74, 6) is -3.45. The standard InChI is InChI=1S/C24H29F3N2O4/c1-13-7-5-8-15(14(13)2)29-16-11-22(3,4)12-17(30)19(16)23(21(29)32,24(25,26)27)28-20(31)18-9-6-10-33-18/h6,9-10,13-15H,5,7-8,11-12H2,1-4H3,(H,28,31)/t13-,14-,15+,23-/m1/s1. The molecule has 2 amide bonds. The largest absolute Gasteiger partial charge is 0.459 e. The SMILES string of the molecule is C[C@@H]1[C@H](C)CCC[C@@H]1N1C(=O)[C@@](NC(=O)c2ccco2)(C(F)(F)F)C2=C1CC(C)(C)CC2=O. The smallest absolute Gasteiger partial charge is 0.425 e. The topological polar surface area (TPSA) is 79.6 Å². The molecule has 6 nitrogen and oxygen atoms in total. The van der Waals surface area contributed by atoms with Gasteiger partial charge in [0.05, 0.1) is 11.8 Å². The van der Waals surface area contributed by atoms with Gasteiger partial charge in [-0.25, -0.2) is 0 Å². The highest BCUT2D eigenvalue weighted by Gasteiger charge is 2.72. The number of allylic oxidation sites excluding steroid dienone is 1. The van der Waals surface area contributed by atoms with E-state index in [2.05, 4.69) is 0 Å². The molecule has 0 saturated heterocycles. The molecule has 2 heterocycles. The van der Waals surface area contributed by atoms with E-state index in [0.29, 0.717) is 6.42 Å². The Hall–Kier alpha value is -2.58. The summed E-state index contributed by atoms with van der Waals surface area (Å²) in [4.78, 5) is 41.0. The third-order valence-electron chi connectivity index (χ3n) is 7.52. The van der Waals surface area contributed by atoms with Crippen molar-refractivity contribution in [1.82, 2.24) is 10.2 Å². The molecular formula is C24H29F3N2O4. The van der Waals surface area contributed by atoms with Gasteiger partial charge in [-0.2, -0.15) is 13.2 Å². The van der Waals surface area contributed by atoms with E-state index in [-0.39, 0.29) is 36.1 Å². The second-order valence-corrected chi connectivity index (χ2v) is 10.5. The molecule has 2 aliphatic carbocycles. The highest BCUT2D eigenvalue weighted by Crippen LogP contribution is 2.53. The second-order valence-electron chi connectivity index (χ2n) is 10.5. The minimum absolute atomic E-state index is 0.0543. The zero-order valence-electron chi connectivity index (χ0n) is 19.2. The normalized spacial score (nSPS) is 32.2. The van der Waals surface area contributed by atoms with Gasteiger partial charge in [0.15, 0.2) is 11.5 Å². The first-order valence-electron chi connectivity index (χ1n) is 11.3. The van der Waals surface area contributed by atoms with Crippen LogP contribution >= 0.6 is 0 Å². The molecule has 1 aromatic rings. The van der Waals surface area contributed by atoms with Gasteiger partial charge in [0.25, 0.3) is 11.8 Å². The van der Waals surface area contributed by atoms with Crippen LogP contribution in [0.4, 0.5) is 13.2 Å². The van der Waals surface area contributed by atoms with E-state index in [4.69, 9.17) is 4.42 Å². The van der Waals surface area contributed by atoms with Crippen LogP contribution in [0.5, 0.6) is 0 Å². The van der Waals surface area contributed by atoms with Crippen LogP contribution < -0.4 is 5.32 Å². The molecule has 3 aliphatic rings. The lowest BCUT2D eigenvalue weighted by atomic mass is 9.72. The number of nitrogens with zero attached hydrogens (tertiary/aromatic N) is 1. The van der Waals surface area contributed by atoms with Crippen molar-refractivity contribution in [2.75, 3.05) is 0 Å². The fourth-order valence-corrected chi connectivity index (χ4v) is 5.69. The van der Waals surface area contributed by atoms with Crippen molar-refractivity contribution in [3.63, 3.8) is 0 Å². The minimum Gasteiger partial charge on any atom is -0.459 e. The number of halogens is 3. The van der Waals surface area contributed by atoms with Crippen molar-refractivity contribution in [2.24, 2.45) is 17.3 Å². The molecule has 180 valence electrons. The molecule has 1 N–H and O–H groups in total. The number of Topliss-reactive ketones (excluding diaryl/α,β-unsaturated/α-hetero) is 1. The Kier molecular flexibility index (Phi) is 5.53. The number of amides is 2. The van der Waals surface area contributed by atoms with Crippen molar-refractivity contribution < 1.29 is 32.0 Å². The molecule has 1 aromatic heterocycles. The molecule has 33 heavy (non-hydrogen) atoms. The van der Waals surface area contributed by atoms with Crippen molar-refractivity contribution >= 4 is 17.6 Å². The van der Waals surface area contributed by atoms with Crippen LogP contribution in [0.15, 0.2) is 34.1 Å². The lowest BCUT2D eigenvalue weighted by molar-refractivity contribution is -0.192. The summed E-state index contributed by atoms with van der Waals surface area (Å²) in [7, 11) is 0. The van der Waals surface area contributed by atoms with Crippen LogP contribution in [0.25, 0.3) is 0 Å². The van der Waals surface area contributed by atoms with Gasteiger partial charge in [-0.05, 0) is 42.2 Å². The summed E-state index contributed by atoms with van der Waals surface area (Å²) >= 11 is 0. The van der Waals surface area contributed by atoms with Crippen LogP contribution in [0.1, 0.15) is 70.4 Å². The highest BCUT2D eigenvalue weighted by molar-refractivity contribution is 6.14. The number of carbonyl (C=O) groups excluding carboxylic acids is 3. The molecule has 1 fully saturated rings. The Balaban J connectivity index is 1.91. The first-order valence-corrected chi connectivity index (χ1v) is 11.3. The minimum atomic E-state index is -5.22. The maximum Gasteiger partial charge on any atom is 0.425 e. The van der Waals surface area contributed by atoms with Crippen LogP contribution in [0.2, 0.25) is 0 Å². The lowest BCUT2D eigenvalue weighted by Crippen LogP contribution is -2.67. The second kappa shape index (κ2) is 7.74. The molecule has 0 aromatic carbocycles. The van der Waals surface area contributed by atoms with Crippen LogP contribution in [-0.4, -0.2) is 40.3 Å². The molecular weight excluding hydrogens is 437 g/mol. The highest BCUT2D eigenvalue weighted by atomic mass is 19.4. The summed E-state index contributed by atoms with van der Waals surface area (Å²) < 4.78 is 49.5. The van der Waals surface area contributed by atoms with Gasteiger partial charge in [-0.15, -0.1) is 0 Å². The molecule has 1 aliphatic heterocycles. The van der Waals surface area contributed by atoms with E-state index in [0.717, 1.165) is 19.1 Å². The van der Waals surface area contributed by atoms with Gasteiger partial charge >= 0.3 is 6.18 Å². The number of carbonyl (C=O) groups is 3. The molecule has 0 bridgehead atoms. The monoisotopic (exact) mass is 466 g/mol. The number of rotatable bonds is 3. The Morgan fingerprint density at radius 3 is 2.48 bits per heavy atom. The quantitative estimate of drug-likeness (QED) is 0.705. The van der Waals surface area contributed by atoms with E-state index >= 15 is 0 Å². The van der Waals surface area contributed by atoms with Crippen LogP contribution in [-0.2, 0) is 9.59 Å². The summed E-state index contributed by atoms with van der Waals surface area (Å²) in [6, 6.07) is 2.10. The van der Waals surface area contributed by atoms with Gasteiger partial charge in [0, 0.05) is 18.2 Å². The van der Waals surface area contributed by atoms with Crippen molar-refractivity contribution in [3.05, 3.63) is 35.4 Å². The van der Waals surface area contributed by atoms with Crippen LogP contribution in [0.3, 0.4) is 0 Å². The molecule has 0 radical (unpaired) electrons. The van der Waals surface area contributed by atoms with Gasteiger partial charge in [-0.3, -0.25) is 14.4 Å². The Labute approximate surface area is 190 Å².